The summed E-state index contributed by atoms with van der Waals surface area (Å²) in [7, 11) is 1.91. The summed E-state index contributed by atoms with van der Waals surface area (Å²) in [5.74, 6) is -0.286. The zero-order chi connectivity index (χ0) is 9.90. The molecule has 1 heterocycles. The zero-order valence-corrected chi connectivity index (χ0v) is 8.26. The van der Waals surface area contributed by atoms with Crippen LogP contribution in [-0.2, 0) is 6.42 Å². The molecule has 1 aromatic rings. The third kappa shape index (κ3) is 3.11. The maximum atomic E-state index is 12.5. The summed E-state index contributed by atoms with van der Waals surface area (Å²) >= 11 is 0. The molecule has 0 spiro atoms. The molecule has 0 fully saturated rings. The largest absolute Gasteiger partial charge is 0.314 e. The van der Waals surface area contributed by atoms with E-state index in [9.17, 15) is 4.39 Å². The molecule has 3 heteroatoms. The lowest BCUT2D eigenvalue weighted by Crippen LogP contribution is -2.38. The monoisotopic (exact) mass is 182 g/mol. The summed E-state index contributed by atoms with van der Waals surface area (Å²) in [6.07, 6.45) is 2.05. The Kier molecular flexibility index (Phi) is 2.98. The van der Waals surface area contributed by atoms with E-state index in [0.29, 0.717) is 0 Å². The van der Waals surface area contributed by atoms with E-state index in [2.05, 4.69) is 24.1 Å². The predicted octanol–water partition coefficient (Wildman–Crippen LogP) is 1.76. The van der Waals surface area contributed by atoms with E-state index in [1.165, 1.54) is 12.3 Å². The van der Waals surface area contributed by atoms with E-state index in [4.69, 9.17) is 0 Å². The van der Waals surface area contributed by atoms with Gasteiger partial charge in [-0.3, -0.25) is 4.98 Å². The van der Waals surface area contributed by atoms with Gasteiger partial charge in [-0.25, -0.2) is 4.39 Å². The van der Waals surface area contributed by atoms with E-state index in [1.54, 1.807) is 6.07 Å². The van der Waals surface area contributed by atoms with Crippen molar-refractivity contribution in [2.24, 2.45) is 0 Å². The second-order valence-corrected chi connectivity index (χ2v) is 3.78. The highest BCUT2D eigenvalue weighted by molar-refractivity contribution is 5.08. The minimum Gasteiger partial charge on any atom is -0.314 e. The van der Waals surface area contributed by atoms with Gasteiger partial charge < -0.3 is 5.32 Å². The van der Waals surface area contributed by atoms with E-state index in [0.717, 1.165) is 12.1 Å². The molecule has 0 saturated heterocycles. The van der Waals surface area contributed by atoms with Crippen LogP contribution in [0.1, 0.15) is 19.5 Å². The number of nitrogens with zero attached hydrogens (tertiary/aromatic N) is 1. The SMILES string of the molecule is CNC(C)(C)Cc1ccc(F)cn1. The maximum Gasteiger partial charge on any atom is 0.141 e. The first-order valence-corrected chi connectivity index (χ1v) is 4.33. The van der Waals surface area contributed by atoms with Crippen molar-refractivity contribution in [1.29, 1.82) is 0 Å². The van der Waals surface area contributed by atoms with Crippen LogP contribution in [-0.4, -0.2) is 17.6 Å². The Labute approximate surface area is 78.2 Å². The molecule has 0 radical (unpaired) electrons. The Morgan fingerprint density at radius 2 is 2.15 bits per heavy atom. The van der Waals surface area contributed by atoms with Crippen molar-refractivity contribution < 1.29 is 4.39 Å². The van der Waals surface area contributed by atoms with Crippen LogP contribution in [0.3, 0.4) is 0 Å². The molecule has 72 valence electrons. The summed E-state index contributed by atoms with van der Waals surface area (Å²) < 4.78 is 12.5. The van der Waals surface area contributed by atoms with Crippen LogP contribution >= 0.6 is 0 Å². The van der Waals surface area contributed by atoms with E-state index in [1.807, 2.05) is 7.05 Å². The van der Waals surface area contributed by atoms with E-state index in [-0.39, 0.29) is 11.4 Å². The standard InChI is InChI=1S/C10H15FN2/c1-10(2,12-3)6-9-5-4-8(11)7-13-9/h4-5,7,12H,6H2,1-3H3. The highest BCUT2D eigenvalue weighted by Gasteiger charge is 2.15. The van der Waals surface area contributed by atoms with Gasteiger partial charge in [0.05, 0.1) is 6.20 Å². The van der Waals surface area contributed by atoms with Crippen LogP contribution in [0.5, 0.6) is 0 Å². The molecule has 0 aliphatic carbocycles. The van der Waals surface area contributed by atoms with Crippen LogP contribution in [0.15, 0.2) is 18.3 Å². The highest BCUT2D eigenvalue weighted by atomic mass is 19.1. The number of aromatic nitrogens is 1. The molecule has 13 heavy (non-hydrogen) atoms. The third-order valence-corrected chi connectivity index (χ3v) is 2.09. The normalized spacial score (nSPS) is 11.7. The Hall–Kier alpha value is -0.960. The molecule has 1 N–H and O–H groups in total. The third-order valence-electron chi connectivity index (χ3n) is 2.09. The van der Waals surface area contributed by atoms with Gasteiger partial charge in [-0.05, 0) is 33.0 Å². The number of nitrogens with one attached hydrogen (secondary N) is 1. The fourth-order valence-electron chi connectivity index (χ4n) is 1.05. The Balaban J connectivity index is 2.69. The number of halogens is 1. The van der Waals surface area contributed by atoms with Gasteiger partial charge in [0, 0.05) is 17.7 Å². The van der Waals surface area contributed by atoms with Gasteiger partial charge in [0.25, 0.3) is 0 Å². The lowest BCUT2D eigenvalue weighted by Gasteiger charge is -2.23. The van der Waals surface area contributed by atoms with Gasteiger partial charge >= 0.3 is 0 Å². The van der Waals surface area contributed by atoms with Crippen LogP contribution < -0.4 is 5.32 Å². The van der Waals surface area contributed by atoms with Crippen LogP contribution in [0, 0.1) is 5.82 Å². The highest BCUT2D eigenvalue weighted by Crippen LogP contribution is 2.09. The fourth-order valence-corrected chi connectivity index (χ4v) is 1.05. The number of rotatable bonds is 3. The lowest BCUT2D eigenvalue weighted by atomic mass is 9.98. The average Bonchev–Trinajstić information content (AvgIpc) is 2.09. The summed E-state index contributed by atoms with van der Waals surface area (Å²) in [4.78, 5) is 4.00. The Morgan fingerprint density at radius 3 is 2.62 bits per heavy atom. The molecule has 0 bridgehead atoms. The van der Waals surface area contributed by atoms with Crippen molar-refractivity contribution in [2.75, 3.05) is 7.05 Å². The van der Waals surface area contributed by atoms with Crippen molar-refractivity contribution in [2.45, 2.75) is 25.8 Å². The maximum absolute atomic E-state index is 12.5. The van der Waals surface area contributed by atoms with Crippen molar-refractivity contribution >= 4 is 0 Å². The summed E-state index contributed by atoms with van der Waals surface area (Å²) in [5, 5.41) is 3.17. The van der Waals surface area contributed by atoms with Crippen molar-refractivity contribution in [3.05, 3.63) is 29.8 Å². The lowest BCUT2D eigenvalue weighted by molar-refractivity contribution is 0.417. The van der Waals surface area contributed by atoms with Crippen LogP contribution in [0.25, 0.3) is 0 Å². The smallest absolute Gasteiger partial charge is 0.141 e. The first-order valence-electron chi connectivity index (χ1n) is 4.33. The van der Waals surface area contributed by atoms with Gasteiger partial charge in [-0.1, -0.05) is 0 Å². The molecular weight excluding hydrogens is 167 g/mol. The molecule has 0 unspecified atom stereocenters. The molecule has 0 aliphatic rings. The molecule has 0 aliphatic heterocycles. The quantitative estimate of drug-likeness (QED) is 0.770. The van der Waals surface area contributed by atoms with E-state index >= 15 is 0 Å². The van der Waals surface area contributed by atoms with Crippen molar-refractivity contribution in [3.63, 3.8) is 0 Å². The van der Waals surface area contributed by atoms with Crippen LogP contribution in [0.4, 0.5) is 4.39 Å². The van der Waals surface area contributed by atoms with Gasteiger partial charge in [0.15, 0.2) is 0 Å². The van der Waals surface area contributed by atoms with Gasteiger partial charge in [-0.15, -0.1) is 0 Å². The molecular formula is C10H15FN2. The molecule has 0 aromatic carbocycles. The second-order valence-electron chi connectivity index (χ2n) is 3.78. The number of likely N-dealkylation sites (N-methyl/N-ethyl adjacent to an activating group) is 1. The molecule has 0 amide bonds. The predicted molar refractivity (Wildman–Crippen MR) is 51.0 cm³/mol. The van der Waals surface area contributed by atoms with E-state index < -0.39 is 0 Å². The van der Waals surface area contributed by atoms with Gasteiger partial charge in [0.2, 0.25) is 0 Å². The second kappa shape index (κ2) is 3.83. The molecule has 0 atom stereocenters. The number of pyridine rings is 1. The minimum absolute atomic E-state index is 0.00479. The number of hydrogen-bond acceptors (Lipinski definition) is 2. The summed E-state index contributed by atoms with van der Waals surface area (Å²) in [5.41, 5.74) is 0.908. The Bertz CT molecular complexity index is 267. The topological polar surface area (TPSA) is 24.9 Å². The molecule has 0 saturated carbocycles. The first kappa shape index (κ1) is 10.1. The van der Waals surface area contributed by atoms with Gasteiger partial charge in [-0.2, -0.15) is 0 Å². The fraction of sp³-hybridized carbons (Fsp3) is 0.500. The molecule has 2 nitrogen and oxygen atoms in total. The Morgan fingerprint density at radius 1 is 1.46 bits per heavy atom. The minimum atomic E-state index is -0.286. The van der Waals surface area contributed by atoms with Gasteiger partial charge in [0.1, 0.15) is 5.82 Å². The first-order chi connectivity index (χ1) is 6.03. The van der Waals surface area contributed by atoms with Crippen molar-refractivity contribution in [3.8, 4) is 0 Å². The number of hydrogen-bond donors (Lipinski definition) is 1. The molecule has 1 aromatic heterocycles. The molecule has 1 rings (SSSR count). The summed E-state index contributed by atoms with van der Waals surface area (Å²) in [6, 6.07) is 3.16. The van der Waals surface area contributed by atoms with Crippen LogP contribution in [0.2, 0.25) is 0 Å². The van der Waals surface area contributed by atoms with Crippen molar-refractivity contribution in [1.82, 2.24) is 10.3 Å². The average molecular weight is 182 g/mol. The summed E-state index contributed by atoms with van der Waals surface area (Å²) in [6.45, 7) is 4.16. The zero-order valence-electron chi connectivity index (χ0n) is 8.26.